The van der Waals surface area contributed by atoms with Gasteiger partial charge in [0, 0.05) is 6.20 Å². The van der Waals surface area contributed by atoms with Crippen molar-refractivity contribution >= 4 is 28.0 Å². The third-order valence-electron chi connectivity index (χ3n) is 4.41. The normalized spacial score (nSPS) is 12.5. The Hall–Kier alpha value is -3.72. The molecule has 0 saturated heterocycles. The minimum Gasteiger partial charge on any atom is -0.481 e. The summed E-state index contributed by atoms with van der Waals surface area (Å²) < 4.78 is 27.8. The van der Waals surface area contributed by atoms with E-state index in [0.717, 1.165) is 11.0 Å². The molecule has 3 aromatic rings. The van der Waals surface area contributed by atoms with Gasteiger partial charge in [0.2, 0.25) is 5.91 Å². The van der Waals surface area contributed by atoms with Crippen LogP contribution in [0.3, 0.4) is 0 Å². The Balaban J connectivity index is 1.65. The smallest absolute Gasteiger partial charge is 0.316 e. The molecule has 1 heterocycles. The van der Waals surface area contributed by atoms with E-state index in [1.54, 1.807) is 41.2 Å². The molecule has 0 bridgehead atoms. The lowest BCUT2D eigenvalue weighted by Gasteiger charge is -2.11. The number of aliphatic carboxylic acids is 1. The molecular weight excluding hydrogens is 418 g/mol. The van der Waals surface area contributed by atoms with E-state index < -0.39 is 27.8 Å². The fourth-order valence-electron chi connectivity index (χ4n) is 2.87. The first-order chi connectivity index (χ1) is 14.8. The zero-order valence-corrected chi connectivity index (χ0v) is 17.3. The molecule has 0 radical (unpaired) electrons. The van der Waals surface area contributed by atoms with Crippen LogP contribution in [0.1, 0.15) is 16.7 Å². The number of aromatic nitrogens is 2. The highest BCUT2D eigenvalue weighted by Gasteiger charge is 2.29. The highest BCUT2D eigenvalue weighted by Crippen LogP contribution is 2.12. The number of carbonyl (C=O) groups excluding carboxylic acids is 1. The highest BCUT2D eigenvalue weighted by atomic mass is 32.2. The summed E-state index contributed by atoms with van der Waals surface area (Å²) in [6.45, 7) is 0.490. The maximum Gasteiger partial charge on any atom is 0.316 e. The van der Waals surface area contributed by atoms with E-state index >= 15 is 0 Å². The number of benzene rings is 2. The number of rotatable bonds is 9. The predicted molar refractivity (Wildman–Crippen MR) is 115 cm³/mol. The van der Waals surface area contributed by atoms with Crippen LogP contribution >= 0.6 is 0 Å². The van der Waals surface area contributed by atoms with E-state index in [-0.39, 0.29) is 6.42 Å². The van der Waals surface area contributed by atoms with Crippen LogP contribution in [0.4, 0.5) is 0 Å². The fraction of sp³-hybridized carbons (Fsp3) is 0.136. The number of carbonyl (C=O) groups is 2. The molecule has 0 aliphatic heterocycles. The summed E-state index contributed by atoms with van der Waals surface area (Å²) in [6.07, 6.45) is 4.24. The lowest BCUT2D eigenvalue weighted by molar-refractivity contribution is -0.146. The molecular formula is C22H21N3O5S. The minimum absolute atomic E-state index is 0.187. The van der Waals surface area contributed by atoms with Gasteiger partial charge in [-0.05, 0) is 29.2 Å². The monoisotopic (exact) mass is 439 g/mol. The number of carboxylic acid groups (broad SMARTS) is 1. The van der Waals surface area contributed by atoms with Crippen LogP contribution in [0.2, 0.25) is 0 Å². The van der Waals surface area contributed by atoms with Crippen LogP contribution < -0.4 is 4.72 Å². The number of hydrogen-bond donors (Lipinski definition) is 2. The zero-order chi connectivity index (χ0) is 22.3. The van der Waals surface area contributed by atoms with Crippen molar-refractivity contribution in [3.63, 3.8) is 0 Å². The molecule has 2 aromatic carbocycles. The Morgan fingerprint density at radius 1 is 1.03 bits per heavy atom. The van der Waals surface area contributed by atoms with E-state index in [4.69, 9.17) is 0 Å². The van der Waals surface area contributed by atoms with Crippen molar-refractivity contribution in [1.29, 1.82) is 0 Å². The maximum atomic E-state index is 12.4. The number of nitrogens with zero attached hydrogens (tertiary/aromatic N) is 2. The molecule has 0 aliphatic rings. The summed E-state index contributed by atoms with van der Waals surface area (Å²) >= 11 is 0. The van der Waals surface area contributed by atoms with Crippen LogP contribution in [-0.4, -0.2) is 35.2 Å². The molecule has 1 unspecified atom stereocenters. The molecule has 0 spiro atoms. The zero-order valence-electron chi connectivity index (χ0n) is 16.5. The molecule has 8 nitrogen and oxygen atoms in total. The van der Waals surface area contributed by atoms with E-state index in [9.17, 15) is 23.1 Å². The van der Waals surface area contributed by atoms with E-state index in [2.05, 4.69) is 5.10 Å². The van der Waals surface area contributed by atoms with Crippen molar-refractivity contribution in [2.45, 2.75) is 13.0 Å². The summed E-state index contributed by atoms with van der Waals surface area (Å²) in [4.78, 5) is 24.0. The lowest BCUT2D eigenvalue weighted by atomic mass is 10.0. The van der Waals surface area contributed by atoms with Crippen molar-refractivity contribution in [2.75, 3.05) is 0 Å². The summed E-state index contributed by atoms with van der Waals surface area (Å²) in [5, 5.41) is 14.5. The number of carboxylic acids is 1. The standard InChI is InChI=1S/C22H21N3O5S/c26-21(24-31(29,30)12-11-17-7-3-1-4-8-17)20(22(27)28)13-19-14-23-25(16-19)15-18-9-5-2-6-10-18/h1-12,14,16,20H,13,15H2,(H,24,26)(H,27,28). The quantitative estimate of drug-likeness (QED) is 0.494. The molecule has 1 atom stereocenters. The van der Waals surface area contributed by atoms with Crippen LogP contribution in [-0.2, 0) is 32.6 Å². The first-order valence-corrected chi connectivity index (χ1v) is 10.9. The SMILES string of the molecule is O=C(O)C(Cc1cnn(Cc2ccccc2)c1)C(=O)NS(=O)(=O)C=Cc1ccccc1. The number of hydrogen-bond acceptors (Lipinski definition) is 5. The first-order valence-electron chi connectivity index (χ1n) is 9.40. The van der Waals surface area contributed by atoms with E-state index in [1.165, 1.54) is 12.3 Å². The molecule has 2 N–H and O–H groups in total. The number of sulfonamides is 1. The second kappa shape index (κ2) is 9.86. The third-order valence-corrected chi connectivity index (χ3v) is 5.39. The summed E-state index contributed by atoms with van der Waals surface area (Å²) in [7, 11) is -4.15. The van der Waals surface area contributed by atoms with Crippen molar-refractivity contribution < 1.29 is 23.1 Å². The second-order valence-corrected chi connectivity index (χ2v) is 8.42. The minimum atomic E-state index is -4.15. The first kappa shape index (κ1) is 22.0. The Morgan fingerprint density at radius 2 is 1.68 bits per heavy atom. The van der Waals surface area contributed by atoms with Crippen molar-refractivity contribution in [2.24, 2.45) is 5.92 Å². The van der Waals surface area contributed by atoms with Gasteiger partial charge in [-0.25, -0.2) is 13.1 Å². The molecule has 1 amide bonds. The van der Waals surface area contributed by atoms with Gasteiger partial charge in [0.1, 0.15) is 5.92 Å². The largest absolute Gasteiger partial charge is 0.481 e. The van der Waals surface area contributed by atoms with Gasteiger partial charge in [0.25, 0.3) is 10.0 Å². The lowest BCUT2D eigenvalue weighted by Crippen LogP contribution is -2.39. The van der Waals surface area contributed by atoms with Crippen LogP contribution in [0.25, 0.3) is 6.08 Å². The molecule has 0 fully saturated rings. The van der Waals surface area contributed by atoms with Gasteiger partial charge < -0.3 is 5.11 Å². The Labute approximate surface area is 179 Å². The number of nitrogens with one attached hydrogen (secondary N) is 1. The molecule has 9 heteroatoms. The van der Waals surface area contributed by atoms with Gasteiger partial charge in [0.15, 0.2) is 0 Å². The third kappa shape index (κ3) is 6.65. The molecule has 31 heavy (non-hydrogen) atoms. The van der Waals surface area contributed by atoms with Crippen molar-refractivity contribution in [3.8, 4) is 0 Å². The van der Waals surface area contributed by atoms with Gasteiger partial charge in [-0.15, -0.1) is 0 Å². The average Bonchev–Trinajstić information content (AvgIpc) is 3.18. The summed E-state index contributed by atoms with van der Waals surface area (Å²) in [6, 6.07) is 18.2. The van der Waals surface area contributed by atoms with Crippen LogP contribution in [0.5, 0.6) is 0 Å². The summed E-state index contributed by atoms with van der Waals surface area (Å²) in [5.74, 6) is -4.11. The van der Waals surface area contributed by atoms with Crippen LogP contribution in [0, 0.1) is 5.92 Å². The van der Waals surface area contributed by atoms with Gasteiger partial charge in [-0.3, -0.25) is 14.3 Å². The fourth-order valence-corrected chi connectivity index (χ4v) is 3.70. The molecule has 160 valence electrons. The highest BCUT2D eigenvalue weighted by molar-refractivity contribution is 7.93. The molecule has 1 aromatic heterocycles. The molecule has 3 rings (SSSR count). The van der Waals surface area contributed by atoms with Crippen molar-refractivity contribution in [1.82, 2.24) is 14.5 Å². The molecule has 0 saturated carbocycles. The second-order valence-electron chi connectivity index (χ2n) is 6.85. The van der Waals surface area contributed by atoms with Gasteiger partial charge in [-0.1, -0.05) is 60.7 Å². The Bertz CT molecular complexity index is 1170. The predicted octanol–water partition coefficient (Wildman–Crippen LogP) is 2.29. The molecule has 0 aliphatic carbocycles. The topological polar surface area (TPSA) is 118 Å². The average molecular weight is 439 g/mol. The van der Waals surface area contributed by atoms with E-state index in [1.807, 2.05) is 35.1 Å². The Morgan fingerprint density at radius 3 is 2.32 bits per heavy atom. The van der Waals surface area contributed by atoms with Crippen molar-refractivity contribution in [3.05, 3.63) is 95.2 Å². The van der Waals surface area contributed by atoms with Gasteiger partial charge >= 0.3 is 5.97 Å². The van der Waals surface area contributed by atoms with Crippen LogP contribution in [0.15, 0.2) is 78.5 Å². The summed E-state index contributed by atoms with van der Waals surface area (Å²) in [5.41, 5.74) is 2.15. The van der Waals surface area contributed by atoms with E-state index in [0.29, 0.717) is 17.7 Å². The maximum absolute atomic E-state index is 12.4. The number of amides is 1. The van der Waals surface area contributed by atoms with Gasteiger partial charge in [0.05, 0.1) is 18.1 Å². The van der Waals surface area contributed by atoms with Gasteiger partial charge in [-0.2, -0.15) is 5.10 Å². The Kier molecular flexibility index (Phi) is 6.99.